The van der Waals surface area contributed by atoms with E-state index in [1.807, 2.05) is 45.0 Å². The summed E-state index contributed by atoms with van der Waals surface area (Å²) in [4.78, 5) is 11.3. The summed E-state index contributed by atoms with van der Waals surface area (Å²) < 4.78 is 0. The molecule has 0 aromatic heterocycles. The fourth-order valence-electron chi connectivity index (χ4n) is 1.39. The second kappa shape index (κ2) is 4.67. The molecule has 0 heterocycles. The molecule has 0 radical (unpaired) electrons. The Morgan fingerprint density at radius 3 is 2.67 bits per heavy atom. The Kier molecular flexibility index (Phi) is 3.75. The number of amides is 1. The third-order valence-electron chi connectivity index (χ3n) is 2.32. The van der Waals surface area contributed by atoms with Crippen LogP contribution < -0.4 is 5.32 Å². The van der Waals surface area contributed by atoms with Crippen LogP contribution in [0.25, 0.3) is 0 Å². The maximum absolute atomic E-state index is 11.3. The van der Waals surface area contributed by atoms with Gasteiger partial charge in [-0.25, -0.2) is 0 Å². The van der Waals surface area contributed by atoms with Crippen molar-refractivity contribution < 1.29 is 4.79 Å². The van der Waals surface area contributed by atoms with E-state index in [-0.39, 0.29) is 11.4 Å². The summed E-state index contributed by atoms with van der Waals surface area (Å²) in [5, 5.41) is 3.64. The van der Waals surface area contributed by atoms with Crippen LogP contribution in [0.4, 0.5) is 0 Å². The fourth-order valence-corrected chi connectivity index (χ4v) is 1.58. The molecule has 1 aromatic carbocycles. The molecule has 0 spiro atoms. The summed E-state index contributed by atoms with van der Waals surface area (Å²) in [6, 6.07) is 7.54. The first-order valence-corrected chi connectivity index (χ1v) is 5.40. The van der Waals surface area contributed by atoms with E-state index < -0.39 is 0 Å². The van der Waals surface area contributed by atoms with Crippen molar-refractivity contribution in [1.82, 2.24) is 5.32 Å². The van der Waals surface area contributed by atoms with Crippen molar-refractivity contribution in [3.05, 3.63) is 34.9 Å². The van der Waals surface area contributed by atoms with Gasteiger partial charge in [-0.05, 0) is 31.5 Å². The van der Waals surface area contributed by atoms with Gasteiger partial charge in [-0.1, -0.05) is 30.7 Å². The molecule has 0 aliphatic carbocycles. The number of hydrogen-bond acceptors (Lipinski definition) is 1. The standard InChI is InChI=1S/C12H16ClNO/c1-4-11(15)14-12(2,3)9-6-5-7-10(13)8-9/h5-8H,4H2,1-3H3,(H,14,15). The highest BCUT2D eigenvalue weighted by molar-refractivity contribution is 6.30. The van der Waals surface area contributed by atoms with Gasteiger partial charge in [0.15, 0.2) is 0 Å². The number of hydrogen-bond donors (Lipinski definition) is 1. The summed E-state index contributed by atoms with van der Waals surface area (Å²) in [5.74, 6) is 0.0416. The lowest BCUT2D eigenvalue weighted by Crippen LogP contribution is -2.40. The summed E-state index contributed by atoms with van der Waals surface area (Å²) in [7, 11) is 0. The maximum atomic E-state index is 11.3. The van der Waals surface area contributed by atoms with Crippen LogP contribution >= 0.6 is 11.6 Å². The molecule has 2 nitrogen and oxygen atoms in total. The van der Waals surface area contributed by atoms with E-state index in [2.05, 4.69) is 5.32 Å². The molecule has 0 aliphatic rings. The monoisotopic (exact) mass is 225 g/mol. The molecule has 0 atom stereocenters. The molecule has 1 rings (SSSR count). The highest BCUT2D eigenvalue weighted by Crippen LogP contribution is 2.22. The molecule has 1 amide bonds. The first kappa shape index (κ1) is 12.1. The lowest BCUT2D eigenvalue weighted by Gasteiger charge is -2.26. The van der Waals surface area contributed by atoms with Crippen LogP contribution in [0.5, 0.6) is 0 Å². The summed E-state index contributed by atoms with van der Waals surface area (Å²) >= 11 is 5.91. The zero-order valence-electron chi connectivity index (χ0n) is 9.30. The van der Waals surface area contributed by atoms with Crippen LogP contribution in [0.2, 0.25) is 5.02 Å². The predicted octanol–water partition coefficient (Wildman–Crippen LogP) is 3.10. The number of carbonyl (C=O) groups is 1. The van der Waals surface area contributed by atoms with Gasteiger partial charge in [-0.2, -0.15) is 0 Å². The Labute approximate surface area is 95.6 Å². The Bertz CT molecular complexity index is 360. The van der Waals surface area contributed by atoms with Crippen LogP contribution in [0.15, 0.2) is 24.3 Å². The van der Waals surface area contributed by atoms with E-state index >= 15 is 0 Å². The molecule has 0 unspecified atom stereocenters. The van der Waals surface area contributed by atoms with Crippen LogP contribution in [-0.4, -0.2) is 5.91 Å². The molecule has 82 valence electrons. The SMILES string of the molecule is CCC(=O)NC(C)(C)c1cccc(Cl)c1. The van der Waals surface area contributed by atoms with Gasteiger partial charge < -0.3 is 5.32 Å². The van der Waals surface area contributed by atoms with Gasteiger partial charge in [0.05, 0.1) is 5.54 Å². The molecule has 0 fully saturated rings. The van der Waals surface area contributed by atoms with Crippen LogP contribution in [-0.2, 0) is 10.3 Å². The normalized spacial score (nSPS) is 11.2. The fraction of sp³-hybridized carbons (Fsp3) is 0.417. The van der Waals surface area contributed by atoms with Crippen molar-refractivity contribution in [2.24, 2.45) is 0 Å². The van der Waals surface area contributed by atoms with Crippen molar-refractivity contribution in [2.75, 3.05) is 0 Å². The highest BCUT2D eigenvalue weighted by Gasteiger charge is 2.21. The van der Waals surface area contributed by atoms with Crippen LogP contribution in [0.3, 0.4) is 0 Å². The molecule has 15 heavy (non-hydrogen) atoms. The van der Waals surface area contributed by atoms with Crippen LogP contribution in [0.1, 0.15) is 32.8 Å². The molecule has 0 saturated carbocycles. The predicted molar refractivity (Wildman–Crippen MR) is 62.9 cm³/mol. The second-order valence-electron chi connectivity index (χ2n) is 4.04. The minimum Gasteiger partial charge on any atom is -0.347 e. The van der Waals surface area contributed by atoms with Crippen molar-refractivity contribution in [2.45, 2.75) is 32.7 Å². The molecule has 1 N–H and O–H groups in total. The zero-order valence-corrected chi connectivity index (χ0v) is 10.1. The quantitative estimate of drug-likeness (QED) is 0.842. The first-order valence-electron chi connectivity index (χ1n) is 5.03. The Balaban J connectivity index is 2.90. The van der Waals surface area contributed by atoms with Gasteiger partial charge >= 0.3 is 0 Å². The lowest BCUT2D eigenvalue weighted by molar-refractivity contribution is -0.122. The number of rotatable bonds is 3. The Hall–Kier alpha value is -1.02. The maximum Gasteiger partial charge on any atom is 0.220 e. The molecule has 0 bridgehead atoms. The first-order chi connectivity index (χ1) is 6.95. The van der Waals surface area contributed by atoms with E-state index in [4.69, 9.17) is 11.6 Å². The van der Waals surface area contributed by atoms with Crippen molar-refractivity contribution in [3.63, 3.8) is 0 Å². The van der Waals surface area contributed by atoms with E-state index in [9.17, 15) is 4.79 Å². The average Bonchev–Trinajstić information content (AvgIpc) is 2.17. The van der Waals surface area contributed by atoms with E-state index in [0.29, 0.717) is 11.4 Å². The van der Waals surface area contributed by atoms with E-state index in [1.165, 1.54) is 0 Å². The number of nitrogens with one attached hydrogen (secondary N) is 1. The van der Waals surface area contributed by atoms with Crippen molar-refractivity contribution >= 4 is 17.5 Å². The topological polar surface area (TPSA) is 29.1 Å². The largest absolute Gasteiger partial charge is 0.347 e. The third kappa shape index (κ3) is 3.24. The highest BCUT2D eigenvalue weighted by atomic mass is 35.5. The second-order valence-corrected chi connectivity index (χ2v) is 4.47. The molecule has 3 heteroatoms. The number of carbonyl (C=O) groups excluding carboxylic acids is 1. The minimum absolute atomic E-state index is 0.0416. The Morgan fingerprint density at radius 1 is 1.47 bits per heavy atom. The van der Waals surface area contributed by atoms with Crippen LogP contribution in [0, 0.1) is 0 Å². The van der Waals surface area contributed by atoms with Crippen molar-refractivity contribution in [3.8, 4) is 0 Å². The van der Waals surface area contributed by atoms with Gasteiger partial charge in [0.25, 0.3) is 0 Å². The molecule has 1 aromatic rings. The smallest absolute Gasteiger partial charge is 0.220 e. The number of halogens is 1. The van der Waals surface area contributed by atoms with Gasteiger partial charge in [0, 0.05) is 11.4 Å². The summed E-state index contributed by atoms with van der Waals surface area (Å²) in [6.45, 7) is 5.77. The van der Waals surface area contributed by atoms with E-state index in [1.54, 1.807) is 0 Å². The Morgan fingerprint density at radius 2 is 2.13 bits per heavy atom. The molecule has 0 aliphatic heterocycles. The van der Waals surface area contributed by atoms with Gasteiger partial charge in [0.1, 0.15) is 0 Å². The minimum atomic E-state index is -0.377. The zero-order chi connectivity index (χ0) is 11.5. The van der Waals surface area contributed by atoms with E-state index in [0.717, 1.165) is 5.56 Å². The molecular weight excluding hydrogens is 210 g/mol. The number of benzene rings is 1. The molecule has 0 saturated heterocycles. The third-order valence-corrected chi connectivity index (χ3v) is 2.55. The van der Waals surface area contributed by atoms with Gasteiger partial charge in [-0.3, -0.25) is 4.79 Å². The van der Waals surface area contributed by atoms with Crippen molar-refractivity contribution in [1.29, 1.82) is 0 Å². The lowest BCUT2D eigenvalue weighted by atomic mass is 9.94. The summed E-state index contributed by atoms with van der Waals surface area (Å²) in [6.07, 6.45) is 0.490. The van der Waals surface area contributed by atoms with Gasteiger partial charge in [0.2, 0.25) is 5.91 Å². The van der Waals surface area contributed by atoms with Gasteiger partial charge in [-0.15, -0.1) is 0 Å². The average molecular weight is 226 g/mol. The molecular formula is C12H16ClNO. The summed E-state index contributed by atoms with van der Waals surface area (Å²) in [5.41, 5.74) is 0.634.